The molecular weight excluding hydrogens is 631 g/mol. The number of nitrogens with two attached hydrogens (primary N) is 1. The summed E-state index contributed by atoms with van der Waals surface area (Å²) in [6, 6.07) is 1.69. The number of hydrogen-bond acceptors (Lipinski definition) is 9. The summed E-state index contributed by atoms with van der Waals surface area (Å²) in [6.07, 6.45) is 0.703. The SMILES string of the molecule is Cc1cc(N)nc(-c2ncc3c(N4CC5CCC(C4)N5)nc(OCC4(CN5CC[Se]CC5)CC4)nc3c2F)c1C(F)(F)F. The van der Waals surface area contributed by atoms with E-state index in [1.165, 1.54) is 23.8 Å². The van der Waals surface area contributed by atoms with Crippen molar-refractivity contribution in [2.45, 2.75) is 61.5 Å². The summed E-state index contributed by atoms with van der Waals surface area (Å²) in [7, 11) is 0. The number of hydrogen-bond donors (Lipinski definition) is 2. The quantitative estimate of drug-likeness (QED) is 0.285. The normalized spacial score (nSPS) is 23.6. The van der Waals surface area contributed by atoms with Gasteiger partial charge in [0.15, 0.2) is 0 Å². The van der Waals surface area contributed by atoms with Crippen molar-refractivity contribution in [2.24, 2.45) is 5.41 Å². The van der Waals surface area contributed by atoms with Crippen molar-refractivity contribution in [1.29, 1.82) is 0 Å². The van der Waals surface area contributed by atoms with Crippen LogP contribution in [-0.2, 0) is 6.18 Å². The van der Waals surface area contributed by atoms with E-state index in [1.54, 1.807) is 0 Å². The minimum Gasteiger partial charge on any atom is -0.166 e. The predicted octanol–water partition coefficient (Wildman–Crippen LogP) is 4.09. The molecule has 4 fully saturated rings. The van der Waals surface area contributed by atoms with E-state index in [-0.39, 0.29) is 40.4 Å². The molecule has 3 aromatic rings. The fraction of sp³-hybridized carbons (Fsp3) is 0.586. The van der Waals surface area contributed by atoms with Crippen LogP contribution >= 0.6 is 0 Å². The molecule has 1 aliphatic carbocycles. The van der Waals surface area contributed by atoms with Gasteiger partial charge >= 0.3 is 159 Å². The first-order valence-corrected chi connectivity index (χ1v) is 17.2. The molecular formula is C29H34F4N8OSe. The molecule has 3 saturated heterocycles. The van der Waals surface area contributed by atoms with Gasteiger partial charge in [0.25, 0.3) is 0 Å². The minimum absolute atomic E-state index is 0.0174. The standard InChI is InChI=1S/C29H34F4N8OSe/c1-16-10-20(34)37-24(21(16)29(31,32)33)25-22(30)23-19(11-35-25)26(41-12-17-2-3-18(13-41)36-17)39-27(38-23)42-15-28(4-5-28)14-40-6-8-43-9-7-40/h10-11,17-18,36H,2-9,12-15H2,1H3,(H2,34,37). The summed E-state index contributed by atoms with van der Waals surface area (Å²) in [5.74, 6) is -0.689. The Morgan fingerprint density at radius 3 is 2.49 bits per heavy atom. The van der Waals surface area contributed by atoms with E-state index in [9.17, 15) is 13.2 Å². The number of pyridine rings is 2. The molecule has 14 heteroatoms. The molecule has 1 saturated carbocycles. The Balaban J connectivity index is 1.29. The van der Waals surface area contributed by atoms with Crippen LogP contribution in [0.3, 0.4) is 0 Å². The number of rotatable bonds is 7. The van der Waals surface area contributed by atoms with Crippen LogP contribution in [-0.4, -0.2) is 91.2 Å². The van der Waals surface area contributed by atoms with Crippen LogP contribution in [0.25, 0.3) is 22.3 Å². The van der Waals surface area contributed by atoms with Gasteiger partial charge in [-0.15, -0.1) is 0 Å². The molecule has 0 aromatic carbocycles. The average molecular weight is 666 g/mol. The second-order valence-electron chi connectivity index (χ2n) is 12.3. The van der Waals surface area contributed by atoms with E-state index in [0.29, 0.717) is 30.9 Å². The number of nitrogens with zero attached hydrogens (tertiary/aromatic N) is 6. The van der Waals surface area contributed by atoms with Gasteiger partial charge in [0.2, 0.25) is 0 Å². The molecule has 4 aliphatic rings. The van der Waals surface area contributed by atoms with Crippen LogP contribution in [0.2, 0.25) is 10.6 Å². The maximum absolute atomic E-state index is 16.4. The Bertz CT molecular complexity index is 1530. The van der Waals surface area contributed by atoms with E-state index in [1.807, 2.05) is 0 Å². The number of nitrogens with one attached hydrogen (secondary N) is 1. The summed E-state index contributed by atoms with van der Waals surface area (Å²) in [6.45, 7) is 6.19. The van der Waals surface area contributed by atoms with Crippen molar-refractivity contribution >= 4 is 37.5 Å². The maximum atomic E-state index is 16.4. The molecule has 2 unspecified atom stereocenters. The first-order valence-electron chi connectivity index (χ1n) is 14.7. The second-order valence-corrected chi connectivity index (χ2v) is 14.9. The number of aromatic nitrogens is 4. The van der Waals surface area contributed by atoms with Crippen molar-refractivity contribution in [3.63, 3.8) is 0 Å². The zero-order valence-electron chi connectivity index (χ0n) is 23.9. The van der Waals surface area contributed by atoms with Crippen LogP contribution in [0.5, 0.6) is 6.01 Å². The van der Waals surface area contributed by atoms with Crippen molar-refractivity contribution in [3.8, 4) is 17.4 Å². The number of aryl methyl sites for hydroxylation is 1. The van der Waals surface area contributed by atoms with E-state index in [4.69, 9.17) is 15.5 Å². The summed E-state index contributed by atoms with van der Waals surface area (Å²) in [4.78, 5) is 21.9. The van der Waals surface area contributed by atoms with Gasteiger partial charge in [-0.1, -0.05) is 0 Å². The Morgan fingerprint density at radius 2 is 1.81 bits per heavy atom. The number of halogens is 4. The monoisotopic (exact) mass is 666 g/mol. The molecule has 3 aromatic heterocycles. The zero-order valence-corrected chi connectivity index (χ0v) is 25.6. The van der Waals surface area contributed by atoms with Gasteiger partial charge < -0.3 is 11.1 Å². The molecule has 230 valence electrons. The molecule has 0 radical (unpaired) electrons. The number of ether oxygens (including phenoxy) is 1. The first-order chi connectivity index (χ1) is 20.6. The van der Waals surface area contributed by atoms with Gasteiger partial charge in [-0.2, -0.15) is 13.2 Å². The average Bonchev–Trinajstić information content (AvgIpc) is 3.65. The topological polar surface area (TPSA) is 105 Å². The van der Waals surface area contributed by atoms with Crippen molar-refractivity contribution in [2.75, 3.05) is 50.0 Å². The number of anilines is 2. The number of fused-ring (bicyclic) bond motifs is 3. The Morgan fingerprint density at radius 1 is 1.09 bits per heavy atom. The van der Waals surface area contributed by atoms with Crippen LogP contribution < -0.4 is 20.7 Å². The van der Waals surface area contributed by atoms with Gasteiger partial charge in [0.1, 0.15) is 11.5 Å². The third-order valence-corrected chi connectivity index (χ3v) is 11.0. The summed E-state index contributed by atoms with van der Waals surface area (Å²) >= 11 is 0.737. The summed E-state index contributed by atoms with van der Waals surface area (Å²) < 4.78 is 64.9. The third-order valence-electron chi connectivity index (χ3n) is 9.03. The molecule has 3 aliphatic heterocycles. The molecule has 0 spiro atoms. The molecule has 6 heterocycles. The smallest absolute Gasteiger partial charge is 0.166 e. The van der Waals surface area contributed by atoms with Gasteiger partial charge in [0, 0.05) is 12.1 Å². The first kappa shape index (κ1) is 28.9. The number of nitrogen functional groups attached to an aromatic ring is 1. The minimum atomic E-state index is -4.79. The third kappa shape index (κ3) is 5.74. The van der Waals surface area contributed by atoms with Crippen LogP contribution in [0.15, 0.2) is 12.3 Å². The molecule has 0 amide bonds. The van der Waals surface area contributed by atoms with Crippen molar-refractivity contribution < 1.29 is 22.3 Å². The molecule has 9 nitrogen and oxygen atoms in total. The predicted molar refractivity (Wildman–Crippen MR) is 156 cm³/mol. The fourth-order valence-corrected chi connectivity index (χ4v) is 8.72. The van der Waals surface area contributed by atoms with Crippen molar-refractivity contribution in [3.05, 3.63) is 29.2 Å². The van der Waals surface area contributed by atoms with Crippen LogP contribution in [0, 0.1) is 18.2 Å². The molecule has 43 heavy (non-hydrogen) atoms. The second kappa shape index (κ2) is 11.0. The molecule has 3 N–H and O–H groups in total. The van der Waals surface area contributed by atoms with Crippen molar-refractivity contribution in [1.82, 2.24) is 30.2 Å². The van der Waals surface area contributed by atoms with E-state index in [2.05, 4.69) is 30.1 Å². The van der Waals surface area contributed by atoms with E-state index < -0.39 is 28.9 Å². The number of alkyl halides is 3. The summed E-state index contributed by atoms with van der Waals surface area (Å²) in [5.41, 5.74) is 3.23. The molecule has 2 bridgehead atoms. The Labute approximate surface area is 253 Å². The van der Waals surface area contributed by atoms with Gasteiger partial charge in [-0.05, 0) is 31.4 Å². The zero-order chi connectivity index (χ0) is 29.9. The Kier molecular flexibility index (Phi) is 7.39. The fourth-order valence-electron chi connectivity index (χ4n) is 6.67. The van der Waals surface area contributed by atoms with Gasteiger partial charge in [0.05, 0.1) is 5.56 Å². The summed E-state index contributed by atoms with van der Waals surface area (Å²) in [5, 5.41) is 6.43. The van der Waals surface area contributed by atoms with Crippen LogP contribution in [0.4, 0.5) is 29.2 Å². The van der Waals surface area contributed by atoms with Gasteiger partial charge in [-0.25, -0.2) is 4.98 Å². The van der Waals surface area contributed by atoms with E-state index >= 15 is 4.39 Å². The van der Waals surface area contributed by atoms with Gasteiger partial charge in [-0.3, -0.25) is 4.98 Å². The molecule has 2 atom stereocenters. The van der Waals surface area contributed by atoms with Crippen LogP contribution in [0.1, 0.15) is 36.8 Å². The van der Waals surface area contributed by atoms with E-state index in [0.717, 1.165) is 66.3 Å². The number of piperazine rings is 1. The molecule has 7 rings (SSSR count). The Hall–Kier alpha value is -2.80.